The zero-order chi connectivity index (χ0) is 26.2. The maximum absolute atomic E-state index is 13.5. The Morgan fingerprint density at radius 1 is 0.973 bits per heavy atom. The van der Waals surface area contributed by atoms with Crippen LogP contribution in [0.4, 0.5) is 0 Å². The molecule has 7 nitrogen and oxygen atoms in total. The van der Waals surface area contributed by atoms with Crippen molar-refractivity contribution in [3.63, 3.8) is 0 Å². The predicted molar refractivity (Wildman–Crippen MR) is 145 cm³/mol. The van der Waals surface area contributed by atoms with Gasteiger partial charge in [-0.3, -0.25) is 9.59 Å². The Morgan fingerprint density at radius 3 is 2.35 bits per heavy atom. The van der Waals surface area contributed by atoms with Gasteiger partial charge in [-0.25, -0.2) is 0 Å². The topological polar surface area (TPSA) is 105 Å². The lowest BCUT2D eigenvalue weighted by Gasteiger charge is -2.26. The summed E-state index contributed by atoms with van der Waals surface area (Å²) in [7, 11) is 0. The highest BCUT2D eigenvalue weighted by Crippen LogP contribution is 2.51. The number of aliphatic hydroxyl groups excluding tert-OH is 2. The summed E-state index contributed by atoms with van der Waals surface area (Å²) >= 11 is 0. The second-order valence-corrected chi connectivity index (χ2v) is 10.3. The normalized spacial score (nSPS) is 15.4. The van der Waals surface area contributed by atoms with Gasteiger partial charge in [-0.15, -0.1) is 0 Å². The molecule has 1 fully saturated rings. The molecule has 1 aliphatic heterocycles. The number of carbonyl (C=O) groups excluding carboxylic acids is 2. The van der Waals surface area contributed by atoms with Crippen LogP contribution >= 0.6 is 0 Å². The van der Waals surface area contributed by atoms with Gasteiger partial charge < -0.3 is 25.0 Å². The number of carbonyl (C=O) groups is 2. The number of Topliss-reactive ketones (excluding diaryl/α,β-unsaturated/α-hetero) is 1. The van der Waals surface area contributed by atoms with Crippen LogP contribution in [0.5, 0.6) is 11.5 Å². The molecule has 3 aromatic carbocycles. The van der Waals surface area contributed by atoms with Gasteiger partial charge in [0.2, 0.25) is 6.79 Å². The number of nitrogens with one attached hydrogen (secondary N) is 1. The van der Waals surface area contributed by atoms with Crippen molar-refractivity contribution in [3.05, 3.63) is 82.9 Å². The Morgan fingerprint density at radius 2 is 1.68 bits per heavy atom. The zero-order valence-electron chi connectivity index (χ0n) is 21.0. The molecule has 1 saturated carbocycles. The Labute approximate surface area is 220 Å². The van der Waals surface area contributed by atoms with Crippen LogP contribution in [0, 0.1) is 6.92 Å². The Bertz CT molecular complexity index is 1350. The summed E-state index contributed by atoms with van der Waals surface area (Å²) < 4.78 is 10.9. The fraction of sp³-hybridized carbons (Fsp3) is 0.333. The first-order chi connectivity index (χ1) is 17.8. The van der Waals surface area contributed by atoms with Crippen LogP contribution in [0.25, 0.3) is 11.1 Å². The van der Waals surface area contributed by atoms with Gasteiger partial charge in [-0.1, -0.05) is 36.4 Å². The van der Waals surface area contributed by atoms with Crippen molar-refractivity contribution >= 4 is 11.7 Å². The summed E-state index contributed by atoms with van der Waals surface area (Å²) in [6.07, 6.45) is 2.00. The van der Waals surface area contributed by atoms with Gasteiger partial charge in [0.15, 0.2) is 11.5 Å². The molecule has 0 spiro atoms. The summed E-state index contributed by atoms with van der Waals surface area (Å²) in [5, 5.41) is 21.5. The number of aliphatic hydroxyl groups is 2. The zero-order valence-corrected chi connectivity index (χ0v) is 21.0. The van der Waals surface area contributed by atoms with Gasteiger partial charge in [-0.05, 0) is 78.8 Å². The first-order valence-electron chi connectivity index (χ1n) is 12.4. The van der Waals surface area contributed by atoms with E-state index in [4.69, 9.17) is 9.47 Å². The first kappa shape index (κ1) is 25.0. The van der Waals surface area contributed by atoms with E-state index in [0.717, 1.165) is 46.4 Å². The van der Waals surface area contributed by atoms with Crippen LogP contribution < -0.4 is 14.8 Å². The number of amides is 1. The standard InChI is InChI=1S/C30H31NO6.3H2/c1-19-3-4-20(14-27(34)30(11-12-30)23-9-10-25-26(15-23)37-18-36-25)13-24(19)21-5-7-22(8-6-21)28(35)31-29(2,16-32)17-33;;;/h3-10,13,15,32-33H,11-12,14,16-18H2,1-2H3,(H,31,35);3*1H. The number of ether oxygens (including phenoxy) is 2. The van der Waals surface area contributed by atoms with E-state index in [1.807, 2.05) is 55.5 Å². The molecule has 7 heteroatoms. The number of rotatable bonds is 9. The van der Waals surface area contributed by atoms with Crippen LogP contribution in [-0.4, -0.2) is 47.4 Å². The maximum atomic E-state index is 13.5. The van der Waals surface area contributed by atoms with Crippen LogP contribution in [-0.2, 0) is 16.6 Å². The third kappa shape index (κ3) is 4.84. The average molecular weight is 508 g/mol. The minimum Gasteiger partial charge on any atom is -0.454 e. The summed E-state index contributed by atoms with van der Waals surface area (Å²) in [4.78, 5) is 26.0. The van der Waals surface area contributed by atoms with Crippen molar-refractivity contribution in [3.8, 4) is 22.6 Å². The SMILES string of the molecule is Cc1ccc(CC(=O)C2(c3ccc4c(c3)OCO4)CC2)cc1-c1ccc(C(=O)NC(C)(CO)CO)cc1.[HH].[HH].[HH]. The van der Waals surface area contributed by atoms with E-state index in [2.05, 4.69) is 5.32 Å². The quantitative estimate of drug-likeness (QED) is 0.395. The molecule has 0 unspecified atom stereocenters. The smallest absolute Gasteiger partial charge is 0.251 e. The van der Waals surface area contributed by atoms with Gasteiger partial charge in [0, 0.05) is 16.3 Å². The Hall–Kier alpha value is -3.68. The van der Waals surface area contributed by atoms with Crippen LogP contribution in [0.2, 0.25) is 0 Å². The molecule has 0 radical (unpaired) electrons. The lowest BCUT2D eigenvalue weighted by atomic mass is 9.87. The summed E-state index contributed by atoms with van der Waals surface area (Å²) in [5.41, 5.74) is 3.82. The average Bonchev–Trinajstić information content (AvgIpc) is 3.60. The number of benzene rings is 3. The molecule has 3 aromatic rings. The molecule has 1 amide bonds. The van der Waals surface area contributed by atoms with Gasteiger partial charge in [-0.2, -0.15) is 0 Å². The number of ketones is 1. The highest BCUT2D eigenvalue weighted by Gasteiger charge is 2.50. The van der Waals surface area contributed by atoms with Crippen molar-refractivity contribution in [2.75, 3.05) is 20.0 Å². The van der Waals surface area contributed by atoms with Gasteiger partial charge >= 0.3 is 0 Å². The molecule has 3 N–H and O–H groups in total. The van der Waals surface area contributed by atoms with Crippen molar-refractivity contribution in [2.24, 2.45) is 0 Å². The second kappa shape index (κ2) is 9.65. The summed E-state index contributed by atoms with van der Waals surface area (Å²) in [5.74, 6) is 1.24. The van der Waals surface area contributed by atoms with Crippen LogP contribution in [0.3, 0.4) is 0 Å². The molecule has 1 aliphatic carbocycles. The van der Waals surface area contributed by atoms with E-state index in [0.29, 0.717) is 17.7 Å². The molecule has 198 valence electrons. The van der Waals surface area contributed by atoms with Gasteiger partial charge in [0.05, 0.1) is 24.2 Å². The monoisotopic (exact) mass is 507 g/mol. The third-order valence-electron chi connectivity index (χ3n) is 7.45. The highest BCUT2D eigenvalue weighted by atomic mass is 16.7. The summed E-state index contributed by atoms with van der Waals surface area (Å²) in [6, 6.07) is 19.0. The predicted octanol–water partition coefficient (Wildman–Crippen LogP) is 4.45. The number of aryl methyl sites for hydroxylation is 1. The fourth-order valence-corrected chi connectivity index (χ4v) is 4.77. The lowest BCUT2D eigenvalue weighted by molar-refractivity contribution is -0.120. The third-order valence-corrected chi connectivity index (χ3v) is 7.45. The molecular weight excluding hydrogens is 470 g/mol. The minimum atomic E-state index is -1.09. The van der Waals surface area contributed by atoms with Crippen molar-refractivity contribution in [1.82, 2.24) is 5.32 Å². The number of hydrogen-bond donors (Lipinski definition) is 3. The van der Waals surface area contributed by atoms with E-state index in [1.54, 1.807) is 19.1 Å². The number of fused-ring (bicyclic) bond motifs is 1. The largest absolute Gasteiger partial charge is 0.454 e. The molecule has 1 heterocycles. The van der Waals surface area contributed by atoms with E-state index in [-0.39, 0.29) is 36.0 Å². The highest BCUT2D eigenvalue weighted by molar-refractivity contribution is 5.96. The van der Waals surface area contributed by atoms with Crippen LogP contribution in [0.1, 0.15) is 51.1 Å². The van der Waals surface area contributed by atoms with E-state index in [9.17, 15) is 19.8 Å². The molecule has 5 rings (SSSR count). The molecule has 0 bridgehead atoms. The Kier molecular flexibility index (Phi) is 6.52. The maximum Gasteiger partial charge on any atom is 0.251 e. The first-order valence-corrected chi connectivity index (χ1v) is 12.4. The van der Waals surface area contributed by atoms with E-state index < -0.39 is 11.0 Å². The van der Waals surface area contributed by atoms with Crippen LogP contribution in [0.15, 0.2) is 60.7 Å². The number of hydrogen-bond acceptors (Lipinski definition) is 6. The molecular formula is C30H37NO6. The van der Waals surface area contributed by atoms with Crippen molar-refractivity contribution in [2.45, 2.75) is 44.1 Å². The molecule has 0 aromatic heterocycles. The van der Waals surface area contributed by atoms with Crippen molar-refractivity contribution in [1.29, 1.82) is 0 Å². The molecule has 2 aliphatic rings. The second-order valence-electron chi connectivity index (χ2n) is 10.3. The Balaban J connectivity index is 0.00000187. The molecule has 0 atom stereocenters. The van der Waals surface area contributed by atoms with Crippen molar-refractivity contribution < 1.29 is 33.6 Å². The molecule has 37 heavy (non-hydrogen) atoms. The fourth-order valence-electron chi connectivity index (χ4n) is 4.77. The van der Waals surface area contributed by atoms with Gasteiger partial charge in [0.1, 0.15) is 5.78 Å². The van der Waals surface area contributed by atoms with E-state index >= 15 is 0 Å². The minimum absolute atomic E-state index is 0. The van der Waals surface area contributed by atoms with E-state index in [1.165, 1.54) is 0 Å². The molecule has 0 saturated heterocycles. The van der Waals surface area contributed by atoms with Gasteiger partial charge in [0.25, 0.3) is 5.91 Å². The lowest BCUT2D eigenvalue weighted by Crippen LogP contribution is -2.51. The summed E-state index contributed by atoms with van der Waals surface area (Å²) in [6.45, 7) is 3.07.